The third-order valence-electron chi connectivity index (χ3n) is 3.60. The lowest BCUT2D eigenvalue weighted by Gasteiger charge is -2.08. The van der Waals surface area contributed by atoms with E-state index in [9.17, 15) is 0 Å². The number of fused-ring (bicyclic) bond motifs is 1. The van der Waals surface area contributed by atoms with E-state index in [1.807, 2.05) is 13.8 Å². The Morgan fingerprint density at radius 3 is 2.81 bits per heavy atom. The van der Waals surface area contributed by atoms with Gasteiger partial charge in [0.05, 0.1) is 23.3 Å². The van der Waals surface area contributed by atoms with E-state index >= 15 is 0 Å². The number of halogens is 2. The van der Waals surface area contributed by atoms with Crippen LogP contribution in [0.15, 0.2) is 22.7 Å². The van der Waals surface area contributed by atoms with Crippen molar-refractivity contribution in [3.63, 3.8) is 0 Å². The van der Waals surface area contributed by atoms with Gasteiger partial charge in [0.25, 0.3) is 0 Å². The Labute approximate surface area is 141 Å². The average molecular weight is 416 g/mol. The molecule has 3 rings (SSSR count). The molecule has 0 atom stereocenters. The van der Waals surface area contributed by atoms with Crippen LogP contribution in [0.5, 0.6) is 0 Å². The molecular formula is C15H15ClIN3O. The minimum atomic E-state index is 0.558. The van der Waals surface area contributed by atoms with Gasteiger partial charge in [-0.15, -0.1) is 11.6 Å². The Hall–Kier alpha value is -1.08. The molecule has 3 aromatic rings. The van der Waals surface area contributed by atoms with Crippen LogP contribution < -0.4 is 0 Å². The van der Waals surface area contributed by atoms with Crippen molar-refractivity contribution in [3.8, 4) is 0 Å². The van der Waals surface area contributed by atoms with E-state index in [0.717, 1.165) is 40.3 Å². The summed E-state index contributed by atoms with van der Waals surface area (Å²) >= 11 is 8.23. The number of alkyl halides is 1. The van der Waals surface area contributed by atoms with Crippen LogP contribution in [0, 0.1) is 17.4 Å². The number of rotatable bonds is 4. The summed E-state index contributed by atoms with van der Waals surface area (Å²) < 4.78 is 8.65. The van der Waals surface area contributed by atoms with E-state index in [1.165, 1.54) is 3.57 Å². The van der Waals surface area contributed by atoms with Crippen molar-refractivity contribution < 1.29 is 4.52 Å². The molecule has 0 saturated carbocycles. The Morgan fingerprint density at radius 1 is 1.33 bits per heavy atom. The van der Waals surface area contributed by atoms with Crippen LogP contribution in [-0.4, -0.2) is 20.6 Å². The van der Waals surface area contributed by atoms with Crippen LogP contribution >= 0.6 is 34.2 Å². The van der Waals surface area contributed by atoms with Gasteiger partial charge in [-0.25, -0.2) is 4.98 Å². The lowest BCUT2D eigenvalue weighted by molar-refractivity contribution is 0.392. The van der Waals surface area contributed by atoms with Gasteiger partial charge in [0.15, 0.2) is 0 Å². The van der Waals surface area contributed by atoms with Gasteiger partial charge in [-0.05, 0) is 54.6 Å². The minimum Gasteiger partial charge on any atom is -0.361 e. The molecule has 1 aromatic carbocycles. The van der Waals surface area contributed by atoms with Gasteiger partial charge in [-0.1, -0.05) is 5.16 Å². The summed E-state index contributed by atoms with van der Waals surface area (Å²) in [4.78, 5) is 4.73. The van der Waals surface area contributed by atoms with Crippen molar-refractivity contribution in [2.24, 2.45) is 0 Å². The fraction of sp³-hybridized carbons (Fsp3) is 0.333. The molecule has 0 N–H and O–H groups in total. The first-order chi connectivity index (χ1) is 10.1. The van der Waals surface area contributed by atoms with Crippen molar-refractivity contribution in [2.45, 2.75) is 26.8 Å². The predicted octanol–water partition coefficient (Wildman–Crippen LogP) is 4.08. The SMILES string of the molecule is Cc1noc(C)c1Cn1c(CCCl)nc2cc(I)ccc21. The Kier molecular flexibility index (Phi) is 4.21. The molecule has 0 fully saturated rings. The molecule has 0 saturated heterocycles. The molecule has 0 spiro atoms. The lowest BCUT2D eigenvalue weighted by atomic mass is 10.2. The maximum Gasteiger partial charge on any atom is 0.138 e. The monoisotopic (exact) mass is 415 g/mol. The summed E-state index contributed by atoms with van der Waals surface area (Å²) in [6.45, 7) is 4.62. The van der Waals surface area contributed by atoms with Gasteiger partial charge in [0, 0.05) is 21.4 Å². The molecule has 0 unspecified atom stereocenters. The Bertz CT molecular complexity index is 774. The molecule has 0 aliphatic carbocycles. The maximum atomic E-state index is 5.93. The van der Waals surface area contributed by atoms with E-state index in [4.69, 9.17) is 21.1 Å². The molecule has 0 radical (unpaired) electrons. The van der Waals surface area contributed by atoms with Crippen LogP contribution in [0.3, 0.4) is 0 Å². The van der Waals surface area contributed by atoms with Gasteiger partial charge < -0.3 is 9.09 Å². The maximum absolute atomic E-state index is 5.93. The van der Waals surface area contributed by atoms with Gasteiger partial charge in [-0.3, -0.25) is 0 Å². The van der Waals surface area contributed by atoms with E-state index in [2.05, 4.69) is 50.5 Å². The standard InChI is InChI=1S/C15H15ClIN3O/c1-9-12(10(2)21-19-9)8-20-14-4-3-11(17)7-13(14)18-15(20)5-6-16/h3-4,7H,5-6,8H2,1-2H3. The van der Waals surface area contributed by atoms with E-state index < -0.39 is 0 Å². The molecular weight excluding hydrogens is 401 g/mol. The van der Waals surface area contributed by atoms with Gasteiger partial charge in [-0.2, -0.15) is 0 Å². The van der Waals surface area contributed by atoms with Crippen molar-refractivity contribution >= 4 is 45.2 Å². The molecule has 0 amide bonds. The molecule has 2 heterocycles. The first-order valence-electron chi connectivity index (χ1n) is 6.72. The van der Waals surface area contributed by atoms with E-state index in [-0.39, 0.29) is 0 Å². The highest BCUT2D eigenvalue weighted by Gasteiger charge is 2.15. The van der Waals surface area contributed by atoms with Crippen molar-refractivity contribution in [1.82, 2.24) is 14.7 Å². The molecule has 0 aliphatic heterocycles. The highest BCUT2D eigenvalue weighted by atomic mass is 127. The van der Waals surface area contributed by atoms with Gasteiger partial charge >= 0.3 is 0 Å². The zero-order valence-corrected chi connectivity index (χ0v) is 14.8. The zero-order chi connectivity index (χ0) is 15.0. The normalized spacial score (nSPS) is 11.4. The second-order valence-electron chi connectivity index (χ2n) is 4.99. The van der Waals surface area contributed by atoms with Crippen molar-refractivity contribution in [2.75, 3.05) is 5.88 Å². The predicted molar refractivity (Wildman–Crippen MR) is 92.0 cm³/mol. The summed E-state index contributed by atoms with van der Waals surface area (Å²) in [5, 5.41) is 4.03. The summed E-state index contributed by atoms with van der Waals surface area (Å²) in [6.07, 6.45) is 0.746. The second kappa shape index (κ2) is 5.96. The summed E-state index contributed by atoms with van der Waals surface area (Å²) in [7, 11) is 0. The smallest absolute Gasteiger partial charge is 0.138 e. The molecule has 0 bridgehead atoms. The third-order valence-corrected chi connectivity index (χ3v) is 4.46. The summed E-state index contributed by atoms with van der Waals surface area (Å²) in [6, 6.07) is 6.30. The fourth-order valence-electron chi connectivity index (χ4n) is 2.49. The van der Waals surface area contributed by atoms with Crippen molar-refractivity contribution in [1.29, 1.82) is 0 Å². The van der Waals surface area contributed by atoms with Crippen molar-refractivity contribution in [3.05, 3.63) is 44.6 Å². The quantitative estimate of drug-likeness (QED) is 0.476. The van der Waals surface area contributed by atoms with E-state index in [1.54, 1.807) is 0 Å². The minimum absolute atomic E-state index is 0.558. The summed E-state index contributed by atoms with van der Waals surface area (Å²) in [5.74, 6) is 2.42. The van der Waals surface area contributed by atoms with Crippen LogP contribution in [-0.2, 0) is 13.0 Å². The number of imidazole rings is 1. The molecule has 21 heavy (non-hydrogen) atoms. The highest BCUT2D eigenvalue weighted by molar-refractivity contribution is 14.1. The summed E-state index contributed by atoms with van der Waals surface area (Å²) in [5.41, 5.74) is 4.17. The molecule has 4 nitrogen and oxygen atoms in total. The molecule has 110 valence electrons. The highest BCUT2D eigenvalue weighted by Crippen LogP contribution is 2.23. The number of benzene rings is 1. The topological polar surface area (TPSA) is 43.9 Å². The first kappa shape index (κ1) is 14.8. The van der Waals surface area contributed by atoms with Crippen LogP contribution in [0.25, 0.3) is 11.0 Å². The Morgan fingerprint density at radius 2 is 2.14 bits per heavy atom. The van der Waals surface area contributed by atoms with Crippen LogP contribution in [0.2, 0.25) is 0 Å². The number of hydrogen-bond acceptors (Lipinski definition) is 3. The third kappa shape index (κ3) is 2.81. The fourth-order valence-corrected chi connectivity index (χ4v) is 3.13. The second-order valence-corrected chi connectivity index (χ2v) is 6.61. The van der Waals surface area contributed by atoms with Crippen LogP contribution in [0.1, 0.15) is 22.8 Å². The van der Waals surface area contributed by atoms with Crippen LogP contribution in [0.4, 0.5) is 0 Å². The Balaban J connectivity index is 2.13. The number of nitrogens with zero attached hydrogens (tertiary/aromatic N) is 3. The number of hydrogen-bond donors (Lipinski definition) is 0. The lowest BCUT2D eigenvalue weighted by Crippen LogP contribution is -2.07. The van der Waals surface area contributed by atoms with Gasteiger partial charge in [0.2, 0.25) is 0 Å². The molecule has 6 heteroatoms. The largest absolute Gasteiger partial charge is 0.361 e. The zero-order valence-electron chi connectivity index (χ0n) is 11.9. The number of aromatic nitrogens is 3. The molecule has 0 aliphatic rings. The average Bonchev–Trinajstić information content (AvgIpc) is 2.94. The number of aryl methyl sites for hydroxylation is 3. The molecule has 2 aromatic heterocycles. The van der Waals surface area contributed by atoms with Gasteiger partial charge in [0.1, 0.15) is 11.6 Å². The van der Waals surface area contributed by atoms with E-state index in [0.29, 0.717) is 12.4 Å². The first-order valence-corrected chi connectivity index (χ1v) is 8.34.